The summed E-state index contributed by atoms with van der Waals surface area (Å²) in [5.41, 5.74) is 4.15. The summed E-state index contributed by atoms with van der Waals surface area (Å²) in [6, 6.07) is 0.408. The first-order chi connectivity index (χ1) is 11.1. The van der Waals surface area contributed by atoms with Crippen molar-refractivity contribution >= 4 is 11.7 Å². The Hall–Kier alpha value is -2.11. The number of aryl methyl sites for hydroxylation is 2. The van der Waals surface area contributed by atoms with Gasteiger partial charge in [0, 0.05) is 23.6 Å². The minimum Gasteiger partial charge on any atom is -0.348 e. The summed E-state index contributed by atoms with van der Waals surface area (Å²) in [4.78, 5) is 19.9. The molecule has 6 heteroatoms. The number of anilines is 1. The molecule has 1 amide bonds. The van der Waals surface area contributed by atoms with Crippen molar-refractivity contribution in [3.05, 3.63) is 29.0 Å². The van der Waals surface area contributed by atoms with Gasteiger partial charge >= 0.3 is 0 Å². The van der Waals surface area contributed by atoms with Crippen molar-refractivity contribution in [2.75, 3.05) is 5.32 Å². The molecule has 0 radical (unpaired) electrons. The summed E-state index contributed by atoms with van der Waals surface area (Å²) >= 11 is 0. The lowest BCUT2D eigenvalue weighted by Crippen LogP contribution is -2.27. The molecule has 1 aliphatic carbocycles. The Balaban J connectivity index is 1.80. The van der Waals surface area contributed by atoms with Crippen molar-refractivity contribution in [3.8, 4) is 0 Å². The Bertz CT molecular complexity index is 738. The highest BCUT2D eigenvalue weighted by Crippen LogP contribution is 2.42. The van der Waals surface area contributed by atoms with Crippen LogP contribution in [0.3, 0.4) is 0 Å². The molecule has 0 saturated heterocycles. The zero-order valence-electron chi connectivity index (χ0n) is 13.7. The lowest BCUT2D eigenvalue weighted by molar-refractivity contribution is -0.116. The number of H-pyrrole nitrogens is 1. The number of nitrogens with one attached hydrogen (secondary N) is 2. The number of hydrogen-bond donors (Lipinski definition) is 2. The first-order valence-corrected chi connectivity index (χ1v) is 8.54. The molecule has 3 heterocycles. The lowest BCUT2D eigenvalue weighted by atomic mass is 9.88. The van der Waals surface area contributed by atoms with Gasteiger partial charge in [0.1, 0.15) is 5.82 Å². The second kappa shape index (κ2) is 5.51. The Morgan fingerprint density at radius 3 is 2.70 bits per heavy atom. The van der Waals surface area contributed by atoms with Crippen molar-refractivity contribution in [3.63, 3.8) is 0 Å². The minimum atomic E-state index is 0.00217. The molecular formula is C17H23N5O. The summed E-state index contributed by atoms with van der Waals surface area (Å²) in [7, 11) is 0. The van der Waals surface area contributed by atoms with E-state index >= 15 is 0 Å². The van der Waals surface area contributed by atoms with E-state index in [1.54, 1.807) is 6.33 Å². The van der Waals surface area contributed by atoms with Crippen LogP contribution in [0.5, 0.6) is 0 Å². The van der Waals surface area contributed by atoms with Crippen LogP contribution in [0, 0.1) is 13.8 Å². The zero-order chi connectivity index (χ0) is 16.0. The third-order valence-corrected chi connectivity index (χ3v) is 5.25. The molecule has 1 atom stereocenters. The predicted molar refractivity (Wildman–Crippen MR) is 87.5 cm³/mol. The monoisotopic (exact) mass is 313 g/mol. The van der Waals surface area contributed by atoms with E-state index in [9.17, 15) is 4.79 Å². The first kappa shape index (κ1) is 14.5. The van der Waals surface area contributed by atoms with E-state index in [1.807, 2.05) is 13.8 Å². The van der Waals surface area contributed by atoms with Gasteiger partial charge in [0.2, 0.25) is 5.91 Å². The van der Waals surface area contributed by atoms with Crippen LogP contribution in [0.2, 0.25) is 0 Å². The number of aromatic amines is 1. The summed E-state index contributed by atoms with van der Waals surface area (Å²) in [6.45, 7) is 4.06. The van der Waals surface area contributed by atoms with E-state index in [0.717, 1.165) is 41.3 Å². The second-order valence-corrected chi connectivity index (χ2v) is 6.80. The largest absolute Gasteiger partial charge is 0.348 e. The van der Waals surface area contributed by atoms with Gasteiger partial charge in [-0.2, -0.15) is 5.10 Å². The van der Waals surface area contributed by atoms with Crippen LogP contribution < -0.4 is 5.32 Å². The van der Waals surface area contributed by atoms with Gasteiger partial charge in [0.05, 0.1) is 23.8 Å². The van der Waals surface area contributed by atoms with E-state index in [0.29, 0.717) is 12.5 Å². The third-order valence-electron chi connectivity index (χ3n) is 5.25. The van der Waals surface area contributed by atoms with Crippen molar-refractivity contribution in [2.45, 2.75) is 64.3 Å². The molecule has 1 unspecified atom stereocenters. The number of rotatable bonds is 2. The average Bonchev–Trinajstić information content (AvgIpc) is 3.11. The van der Waals surface area contributed by atoms with Gasteiger partial charge in [-0.3, -0.25) is 4.79 Å². The summed E-state index contributed by atoms with van der Waals surface area (Å²) < 4.78 is 2.08. The summed E-state index contributed by atoms with van der Waals surface area (Å²) in [5, 5.41) is 7.89. The molecule has 122 valence electrons. The van der Waals surface area contributed by atoms with Crippen LogP contribution in [0.15, 0.2) is 6.33 Å². The quantitative estimate of drug-likeness (QED) is 0.894. The van der Waals surface area contributed by atoms with E-state index < -0.39 is 0 Å². The maximum atomic E-state index is 12.3. The number of carbonyl (C=O) groups is 1. The SMILES string of the molecule is Cc1nn(C2CCCCC2)c2c1C(c1nc[nH]c1C)CC(=O)N2. The minimum absolute atomic E-state index is 0.00217. The molecule has 2 N–H and O–H groups in total. The van der Waals surface area contributed by atoms with Gasteiger partial charge in [0.15, 0.2) is 0 Å². The van der Waals surface area contributed by atoms with Crippen molar-refractivity contribution in [1.82, 2.24) is 19.7 Å². The van der Waals surface area contributed by atoms with Crippen LogP contribution in [0.25, 0.3) is 0 Å². The average molecular weight is 313 g/mol. The van der Waals surface area contributed by atoms with Crippen LogP contribution in [0.1, 0.15) is 73.1 Å². The molecule has 4 rings (SSSR count). The van der Waals surface area contributed by atoms with Crippen LogP contribution >= 0.6 is 0 Å². The van der Waals surface area contributed by atoms with E-state index in [2.05, 4.69) is 20.0 Å². The molecule has 23 heavy (non-hydrogen) atoms. The fourth-order valence-electron chi connectivity index (χ4n) is 4.12. The molecule has 2 aromatic rings. The topological polar surface area (TPSA) is 75.6 Å². The highest BCUT2D eigenvalue weighted by molar-refractivity contribution is 5.94. The molecule has 1 fully saturated rings. The molecule has 2 aromatic heterocycles. The van der Waals surface area contributed by atoms with Crippen molar-refractivity contribution in [2.24, 2.45) is 0 Å². The molecule has 1 aliphatic heterocycles. The van der Waals surface area contributed by atoms with Crippen LogP contribution in [0.4, 0.5) is 5.82 Å². The molecule has 0 spiro atoms. The molecular weight excluding hydrogens is 290 g/mol. The molecule has 0 bridgehead atoms. The standard InChI is InChI=1S/C17H23N5O/c1-10-15-13(16-11(2)18-9-19-16)8-14(23)20-17(15)22(21-10)12-6-4-3-5-7-12/h9,12-13H,3-8H2,1-2H3,(H,18,19)(H,20,23). The maximum Gasteiger partial charge on any atom is 0.226 e. The van der Waals surface area contributed by atoms with Gasteiger partial charge in [-0.1, -0.05) is 19.3 Å². The van der Waals surface area contributed by atoms with Gasteiger partial charge in [-0.25, -0.2) is 9.67 Å². The number of amides is 1. The Labute approximate surface area is 135 Å². The normalized spacial score (nSPS) is 22.0. The molecule has 0 aromatic carbocycles. The highest BCUT2D eigenvalue weighted by atomic mass is 16.1. The number of aromatic nitrogens is 4. The van der Waals surface area contributed by atoms with Crippen molar-refractivity contribution in [1.29, 1.82) is 0 Å². The fraction of sp³-hybridized carbons (Fsp3) is 0.588. The molecule has 1 saturated carbocycles. The highest BCUT2D eigenvalue weighted by Gasteiger charge is 2.35. The van der Waals surface area contributed by atoms with Gasteiger partial charge < -0.3 is 10.3 Å². The van der Waals surface area contributed by atoms with Gasteiger partial charge in [-0.15, -0.1) is 0 Å². The smallest absolute Gasteiger partial charge is 0.226 e. The van der Waals surface area contributed by atoms with Crippen LogP contribution in [-0.4, -0.2) is 25.7 Å². The molecule has 2 aliphatic rings. The number of nitrogens with zero attached hydrogens (tertiary/aromatic N) is 3. The number of carbonyl (C=O) groups excluding carboxylic acids is 1. The lowest BCUT2D eigenvalue weighted by Gasteiger charge is -2.27. The Morgan fingerprint density at radius 2 is 2.00 bits per heavy atom. The molecule has 6 nitrogen and oxygen atoms in total. The van der Waals surface area contributed by atoms with E-state index in [-0.39, 0.29) is 11.8 Å². The van der Waals surface area contributed by atoms with Crippen molar-refractivity contribution < 1.29 is 4.79 Å². The second-order valence-electron chi connectivity index (χ2n) is 6.80. The maximum absolute atomic E-state index is 12.3. The summed E-state index contributed by atoms with van der Waals surface area (Å²) in [6.07, 6.45) is 8.24. The number of imidazole rings is 1. The first-order valence-electron chi connectivity index (χ1n) is 8.54. The van der Waals surface area contributed by atoms with Gasteiger partial charge in [0.25, 0.3) is 0 Å². The Morgan fingerprint density at radius 1 is 1.22 bits per heavy atom. The van der Waals surface area contributed by atoms with E-state index in [1.165, 1.54) is 19.3 Å². The fourth-order valence-corrected chi connectivity index (χ4v) is 4.12. The number of hydrogen-bond acceptors (Lipinski definition) is 3. The number of fused-ring (bicyclic) bond motifs is 1. The summed E-state index contributed by atoms with van der Waals surface area (Å²) in [5.74, 6) is 0.960. The Kier molecular flexibility index (Phi) is 3.47. The van der Waals surface area contributed by atoms with Crippen LogP contribution in [-0.2, 0) is 4.79 Å². The van der Waals surface area contributed by atoms with Gasteiger partial charge in [-0.05, 0) is 26.7 Å². The zero-order valence-corrected chi connectivity index (χ0v) is 13.7. The van der Waals surface area contributed by atoms with E-state index in [4.69, 9.17) is 5.10 Å². The third kappa shape index (κ3) is 2.36. The predicted octanol–water partition coefficient (Wildman–Crippen LogP) is 3.20.